The fourth-order valence-corrected chi connectivity index (χ4v) is 2.47. The summed E-state index contributed by atoms with van der Waals surface area (Å²) < 4.78 is 0. The predicted molar refractivity (Wildman–Crippen MR) is 87.2 cm³/mol. The van der Waals surface area contributed by atoms with E-state index in [2.05, 4.69) is 10.3 Å². The van der Waals surface area contributed by atoms with Crippen LogP contribution in [0.2, 0.25) is 0 Å². The Labute approximate surface area is 131 Å². The van der Waals surface area contributed by atoms with Crippen molar-refractivity contribution in [1.29, 1.82) is 0 Å². The minimum atomic E-state index is -0.326. The molecule has 0 saturated carbocycles. The van der Waals surface area contributed by atoms with Gasteiger partial charge in [0.1, 0.15) is 0 Å². The summed E-state index contributed by atoms with van der Waals surface area (Å²) in [4.78, 5) is 29.4. The number of amides is 2. The normalized spacial score (nSPS) is 18.3. The number of anilines is 1. The predicted octanol–water partition coefficient (Wildman–Crippen LogP) is 2.28. The van der Waals surface area contributed by atoms with Crippen molar-refractivity contribution >= 4 is 51.4 Å². The van der Waals surface area contributed by atoms with Gasteiger partial charge in [-0.1, -0.05) is 18.2 Å². The molecule has 1 aliphatic heterocycles. The second-order valence-electron chi connectivity index (χ2n) is 3.84. The van der Waals surface area contributed by atoms with Crippen LogP contribution in [0.25, 0.3) is 0 Å². The zero-order valence-corrected chi connectivity index (χ0v) is 13.5. The third-order valence-electron chi connectivity index (χ3n) is 2.50. The molecule has 0 aliphatic carbocycles. The van der Waals surface area contributed by atoms with Crippen LogP contribution in [0.1, 0.15) is 0 Å². The molecule has 0 spiro atoms. The number of carbonyl (C=O) groups is 2. The Kier molecular flexibility index (Phi) is 5.97. The maximum atomic E-state index is 11.8. The van der Waals surface area contributed by atoms with Crippen molar-refractivity contribution < 1.29 is 9.59 Å². The van der Waals surface area contributed by atoms with E-state index in [4.69, 9.17) is 0 Å². The maximum Gasteiger partial charge on any atom is 0.266 e. The molecule has 5 nitrogen and oxygen atoms in total. The molecule has 1 heterocycles. The molecule has 0 atom stereocenters. The van der Waals surface area contributed by atoms with Crippen molar-refractivity contribution in [3.8, 4) is 0 Å². The Bertz CT molecular complexity index is 572. The molecule has 106 valence electrons. The molecular formula is C13H14BrN3O2S. The molecule has 1 saturated heterocycles. The van der Waals surface area contributed by atoms with Gasteiger partial charge >= 0.3 is 0 Å². The number of benzene rings is 1. The molecule has 1 N–H and O–H groups in total. The first kappa shape index (κ1) is 16.5. The Balaban J connectivity index is 0.00000200. The summed E-state index contributed by atoms with van der Waals surface area (Å²) in [5.41, 5.74) is 0.692. The molecule has 0 radical (unpaired) electrons. The van der Waals surface area contributed by atoms with E-state index in [-0.39, 0.29) is 28.8 Å². The van der Waals surface area contributed by atoms with Gasteiger partial charge in [-0.15, -0.1) is 17.0 Å². The van der Waals surface area contributed by atoms with E-state index in [0.29, 0.717) is 15.8 Å². The van der Waals surface area contributed by atoms with Gasteiger partial charge in [0, 0.05) is 25.9 Å². The Morgan fingerprint density at radius 3 is 2.55 bits per heavy atom. The Morgan fingerprint density at radius 2 is 2.00 bits per heavy atom. The lowest BCUT2D eigenvalue weighted by molar-refractivity contribution is -0.121. The fraction of sp³-hybridized carbons (Fsp3) is 0.154. The van der Waals surface area contributed by atoms with Crippen LogP contribution in [0.15, 0.2) is 46.3 Å². The van der Waals surface area contributed by atoms with Gasteiger partial charge in [-0.3, -0.25) is 19.5 Å². The van der Waals surface area contributed by atoms with E-state index in [1.54, 1.807) is 26.2 Å². The van der Waals surface area contributed by atoms with Crippen LogP contribution in [0.5, 0.6) is 0 Å². The molecule has 20 heavy (non-hydrogen) atoms. The molecular weight excluding hydrogens is 342 g/mol. The largest absolute Gasteiger partial charge is 0.322 e. The first-order chi connectivity index (χ1) is 9.11. The van der Waals surface area contributed by atoms with Crippen LogP contribution in [0, 0.1) is 0 Å². The van der Waals surface area contributed by atoms with Crippen LogP contribution in [0.3, 0.4) is 0 Å². The highest BCUT2D eigenvalue weighted by Crippen LogP contribution is 2.29. The van der Waals surface area contributed by atoms with Gasteiger partial charge in [0.2, 0.25) is 5.91 Å². The van der Waals surface area contributed by atoms with E-state index in [9.17, 15) is 9.59 Å². The van der Waals surface area contributed by atoms with Gasteiger partial charge in [0.15, 0.2) is 5.17 Å². The molecule has 0 aromatic heterocycles. The molecule has 0 bridgehead atoms. The number of aliphatic imine (C=N–C) groups is 1. The van der Waals surface area contributed by atoms with Gasteiger partial charge in [-0.25, -0.2) is 0 Å². The minimum Gasteiger partial charge on any atom is -0.322 e. The Morgan fingerprint density at radius 1 is 1.35 bits per heavy atom. The standard InChI is InChI=1S/C13H13N3O2S.BrH/c1-14-13-16(2)12(18)10(19-13)8-11(17)15-9-6-4-3-5-7-9;/h3-8H,1-2H3,(H,15,17);1H/b10-8-,14-13?;. The highest BCUT2D eigenvalue weighted by molar-refractivity contribution is 8.93. The number of hydrogen-bond acceptors (Lipinski definition) is 4. The van der Waals surface area contributed by atoms with Crippen LogP contribution in [-0.2, 0) is 9.59 Å². The number of halogens is 1. The monoisotopic (exact) mass is 355 g/mol. The number of para-hydroxylation sites is 1. The zero-order valence-electron chi connectivity index (χ0n) is 11.0. The average Bonchev–Trinajstić information content (AvgIpc) is 2.67. The summed E-state index contributed by atoms with van der Waals surface area (Å²) in [5, 5.41) is 3.28. The number of likely N-dealkylation sites (N-methyl/N-ethyl adjacent to an activating group) is 1. The number of thioether (sulfide) groups is 1. The van der Waals surface area contributed by atoms with Crippen LogP contribution >= 0.6 is 28.7 Å². The molecule has 1 aliphatic rings. The summed E-state index contributed by atoms with van der Waals surface area (Å²) in [6.07, 6.45) is 1.30. The molecule has 0 unspecified atom stereocenters. The first-order valence-corrected chi connectivity index (χ1v) is 6.44. The average molecular weight is 356 g/mol. The van der Waals surface area contributed by atoms with Gasteiger partial charge in [0.25, 0.3) is 5.91 Å². The second-order valence-corrected chi connectivity index (χ2v) is 4.85. The third-order valence-corrected chi connectivity index (χ3v) is 3.65. The molecule has 7 heteroatoms. The number of rotatable bonds is 2. The topological polar surface area (TPSA) is 61.8 Å². The smallest absolute Gasteiger partial charge is 0.266 e. The molecule has 2 rings (SSSR count). The fourth-order valence-electron chi connectivity index (χ4n) is 1.57. The van der Waals surface area contributed by atoms with Crippen LogP contribution in [-0.4, -0.2) is 36.0 Å². The molecule has 1 aromatic carbocycles. The number of amidine groups is 1. The summed E-state index contributed by atoms with van der Waals surface area (Å²) >= 11 is 1.19. The van der Waals surface area contributed by atoms with Crippen molar-refractivity contribution in [2.24, 2.45) is 4.99 Å². The summed E-state index contributed by atoms with van der Waals surface area (Å²) in [6, 6.07) is 9.08. The molecule has 1 fully saturated rings. The second kappa shape index (κ2) is 7.25. The van der Waals surface area contributed by atoms with Crippen molar-refractivity contribution in [2.75, 3.05) is 19.4 Å². The number of carbonyl (C=O) groups excluding carboxylic acids is 2. The van der Waals surface area contributed by atoms with Crippen molar-refractivity contribution in [1.82, 2.24) is 4.90 Å². The lowest BCUT2D eigenvalue weighted by Crippen LogP contribution is -2.24. The lowest BCUT2D eigenvalue weighted by atomic mass is 10.3. The highest BCUT2D eigenvalue weighted by Gasteiger charge is 2.30. The maximum absolute atomic E-state index is 11.8. The lowest BCUT2D eigenvalue weighted by Gasteiger charge is -2.05. The van der Waals surface area contributed by atoms with Crippen molar-refractivity contribution in [2.45, 2.75) is 0 Å². The SMILES string of the molecule is Br.CN=C1S/C(=C\C(=O)Nc2ccccc2)C(=O)N1C. The van der Waals surface area contributed by atoms with Crippen molar-refractivity contribution in [3.05, 3.63) is 41.3 Å². The third kappa shape index (κ3) is 3.71. The summed E-state index contributed by atoms with van der Waals surface area (Å²) in [6.45, 7) is 0. The summed E-state index contributed by atoms with van der Waals surface area (Å²) in [5.74, 6) is -0.540. The number of nitrogens with zero attached hydrogens (tertiary/aromatic N) is 2. The molecule has 2 amide bonds. The minimum absolute atomic E-state index is 0. The van der Waals surface area contributed by atoms with Crippen LogP contribution < -0.4 is 5.32 Å². The Hall–Kier alpha value is -1.60. The first-order valence-electron chi connectivity index (χ1n) is 5.62. The number of hydrogen-bond donors (Lipinski definition) is 1. The van der Waals surface area contributed by atoms with Gasteiger partial charge in [0.05, 0.1) is 4.91 Å². The van der Waals surface area contributed by atoms with E-state index in [1.807, 2.05) is 18.2 Å². The zero-order chi connectivity index (χ0) is 13.8. The van der Waals surface area contributed by atoms with Crippen LogP contribution in [0.4, 0.5) is 5.69 Å². The van der Waals surface area contributed by atoms with E-state index >= 15 is 0 Å². The van der Waals surface area contributed by atoms with E-state index in [1.165, 1.54) is 22.7 Å². The van der Waals surface area contributed by atoms with E-state index in [0.717, 1.165) is 0 Å². The van der Waals surface area contributed by atoms with Gasteiger partial charge in [-0.05, 0) is 23.9 Å². The number of nitrogens with one attached hydrogen (secondary N) is 1. The van der Waals surface area contributed by atoms with Gasteiger partial charge < -0.3 is 5.32 Å². The van der Waals surface area contributed by atoms with E-state index < -0.39 is 0 Å². The molecule has 1 aromatic rings. The highest BCUT2D eigenvalue weighted by atomic mass is 79.9. The summed E-state index contributed by atoms with van der Waals surface area (Å²) in [7, 11) is 3.24. The van der Waals surface area contributed by atoms with Gasteiger partial charge in [-0.2, -0.15) is 0 Å². The van der Waals surface area contributed by atoms with Crippen molar-refractivity contribution in [3.63, 3.8) is 0 Å². The quantitative estimate of drug-likeness (QED) is 0.827.